The van der Waals surface area contributed by atoms with Gasteiger partial charge in [0.2, 0.25) is 5.95 Å². The first-order chi connectivity index (χ1) is 22.0. The Balaban J connectivity index is 1.55. The Morgan fingerprint density at radius 2 is 1.57 bits per heavy atom. The van der Waals surface area contributed by atoms with Crippen LogP contribution in [0, 0.1) is 32.4 Å². The second kappa shape index (κ2) is 15.4. The molecule has 0 radical (unpaired) electrons. The van der Waals surface area contributed by atoms with Gasteiger partial charge in [0.25, 0.3) is 5.91 Å². The van der Waals surface area contributed by atoms with Crippen LogP contribution in [0.1, 0.15) is 46.5 Å². The molecule has 1 aromatic heterocycles. The van der Waals surface area contributed by atoms with Crippen molar-refractivity contribution >= 4 is 29.5 Å². The summed E-state index contributed by atoms with van der Waals surface area (Å²) in [4.78, 5) is 40.4. The van der Waals surface area contributed by atoms with E-state index in [0.717, 1.165) is 59.4 Å². The number of amides is 2. The van der Waals surface area contributed by atoms with Crippen LogP contribution >= 0.6 is 0 Å². The van der Waals surface area contributed by atoms with Gasteiger partial charge in [-0.15, -0.1) is 0 Å². The van der Waals surface area contributed by atoms with Crippen LogP contribution in [0.4, 0.5) is 31.0 Å². The van der Waals surface area contributed by atoms with E-state index in [4.69, 9.17) is 4.74 Å². The zero-order valence-corrected chi connectivity index (χ0v) is 27.1. The van der Waals surface area contributed by atoms with Crippen LogP contribution in [0.2, 0.25) is 0 Å². The molecule has 0 spiro atoms. The van der Waals surface area contributed by atoms with E-state index in [2.05, 4.69) is 34.0 Å². The fraction of sp³-hybridized carbons (Fsp3) is 0.314. The summed E-state index contributed by atoms with van der Waals surface area (Å²) < 4.78 is 34.6. The average Bonchev–Trinajstić information content (AvgIpc) is 3.03. The predicted octanol–water partition coefficient (Wildman–Crippen LogP) is 7.04. The van der Waals surface area contributed by atoms with E-state index in [9.17, 15) is 18.4 Å². The number of carbonyl (C=O) groups excluding carboxylic acids is 2. The van der Waals surface area contributed by atoms with E-state index in [1.807, 2.05) is 32.9 Å². The first-order valence-electron chi connectivity index (χ1n) is 15.2. The molecule has 3 aromatic carbocycles. The van der Waals surface area contributed by atoms with E-state index >= 15 is 0 Å². The highest BCUT2D eigenvalue weighted by Gasteiger charge is 2.24. The molecule has 0 aliphatic rings. The molecule has 46 heavy (non-hydrogen) atoms. The van der Waals surface area contributed by atoms with Crippen LogP contribution in [0.5, 0.6) is 5.75 Å². The summed E-state index contributed by atoms with van der Waals surface area (Å²) in [5, 5.41) is 3.08. The number of aromatic nitrogens is 2. The molecular formula is C35H40F2N6O3. The van der Waals surface area contributed by atoms with Crippen molar-refractivity contribution in [3.8, 4) is 5.75 Å². The van der Waals surface area contributed by atoms with Crippen LogP contribution in [0.3, 0.4) is 0 Å². The number of hydrogen-bond acceptors (Lipinski definition) is 7. The maximum absolute atomic E-state index is 14.7. The molecule has 4 rings (SSSR count). The normalized spacial score (nSPS) is 11.0. The fourth-order valence-electron chi connectivity index (χ4n) is 5.08. The Labute approximate surface area is 268 Å². The molecule has 1 N–H and O–H groups in total. The van der Waals surface area contributed by atoms with Crippen molar-refractivity contribution in [3.63, 3.8) is 0 Å². The van der Waals surface area contributed by atoms with Crippen LogP contribution in [-0.2, 0) is 6.54 Å². The van der Waals surface area contributed by atoms with E-state index in [0.29, 0.717) is 23.5 Å². The summed E-state index contributed by atoms with van der Waals surface area (Å²) in [5.74, 6) is -0.779. The first-order valence-corrected chi connectivity index (χ1v) is 15.2. The summed E-state index contributed by atoms with van der Waals surface area (Å²) in [6.07, 6.45) is 0.620. The number of halogens is 2. The molecule has 4 aromatic rings. The minimum atomic E-state index is -0.823. The molecule has 1 heterocycles. The van der Waals surface area contributed by atoms with Gasteiger partial charge >= 0.3 is 6.09 Å². The Kier molecular flexibility index (Phi) is 11.4. The number of aryl methyl sites for hydroxylation is 3. The number of carbonyl (C=O) groups is 2. The summed E-state index contributed by atoms with van der Waals surface area (Å²) in [6.45, 7) is 12.7. The molecule has 9 nitrogen and oxygen atoms in total. The van der Waals surface area contributed by atoms with Crippen LogP contribution in [-0.4, -0.2) is 65.0 Å². The number of likely N-dealkylation sites (N-methyl/N-ethyl adjacent to an activating group) is 2. The van der Waals surface area contributed by atoms with Crippen LogP contribution in [0.15, 0.2) is 66.9 Å². The van der Waals surface area contributed by atoms with Gasteiger partial charge in [-0.25, -0.2) is 18.6 Å². The van der Waals surface area contributed by atoms with Crippen molar-refractivity contribution in [3.05, 3.63) is 106 Å². The highest BCUT2D eigenvalue weighted by molar-refractivity contribution is 5.94. The molecule has 0 fully saturated rings. The number of nitrogens with zero attached hydrogens (tertiary/aromatic N) is 5. The highest BCUT2D eigenvalue weighted by atomic mass is 19.1. The standard InChI is InChI=1S/C35H40F2N6O3/c1-7-42(8-2)18-17-41(6)33(44)26-9-12-29(13-10-26)39-34-38-16-15-31(40-34)43(22-27-21-28(36)11-14-30(27)37)35(45)46-32-24(4)19-23(3)20-25(32)5/h9-16,19-21H,7-8,17-18,22H2,1-6H3,(H,38,39,40). The van der Waals surface area contributed by atoms with Gasteiger partial charge in [-0.2, -0.15) is 4.98 Å². The van der Waals surface area contributed by atoms with E-state index < -0.39 is 17.7 Å². The van der Waals surface area contributed by atoms with Gasteiger partial charge in [-0.05, 0) is 93.5 Å². The molecule has 0 unspecified atom stereocenters. The Morgan fingerprint density at radius 3 is 2.22 bits per heavy atom. The molecule has 0 bridgehead atoms. The van der Waals surface area contributed by atoms with Gasteiger partial charge < -0.3 is 19.9 Å². The monoisotopic (exact) mass is 630 g/mol. The molecule has 0 aliphatic heterocycles. The van der Waals surface area contributed by atoms with Crippen LogP contribution in [0.25, 0.3) is 0 Å². The van der Waals surface area contributed by atoms with Gasteiger partial charge in [0, 0.05) is 43.1 Å². The Morgan fingerprint density at radius 1 is 0.891 bits per heavy atom. The van der Waals surface area contributed by atoms with Gasteiger partial charge in [0.05, 0.1) is 6.54 Å². The maximum Gasteiger partial charge on any atom is 0.421 e. The zero-order valence-electron chi connectivity index (χ0n) is 27.1. The second-order valence-corrected chi connectivity index (χ2v) is 11.1. The van der Waals surface area contributed by atoms with E-state index in [1.165, 1.54) is 12.3 Å². The van der Waals surface area contributed by atoms with Crippen molar-refractivity contribution in [2.45, 2.75) is 41.2 Å². The average molecular weight is 631 g/mol. The molecule has 2 amide bonds. The van der Waals surface area contributed by atoms with Gasteiger partial charge in [0.1, 0.15) is 23.2 Å². The summed E-state index contributed by atoms with van der Waals surface area (Å²) in [7, 11) is 1.78. The third-order valence-electron chi connectivity index (χ3n) is 7.65. The van der Waals surface area contributed by atoms with Crippen LogP contribution < -0.4 is 15.0 Å². The summed E-state index contributed by atoms with van der Waals surface area (Å²) >= 11 is 0. The van der Waals surface area contributed by atoms with E-state index in [-0.39, 0.29) is 29.8 Å². The lowest BCUT2D eigenvalue weighted by Gasteiger charge is -2.23. The van der Waals surface area contributed by atoms with Crippen molar-refractivity contribution in [2.75, 3.05) is 43.4 Å². The number of ether oxygens (including phenoxy) is 1. The summed E-state index contributed by atoms with van der Waals surface area (Å²) in [5.41, 5.74) is 3.62. The Hall–Kier alpha value is -4.90. The van der Waals surface area contributed by atoms with Crippen molar-refractivity contribution in [1.82, 2.24) is 19.8 Å². The molecule has 0 atom stereocenters. The lowest BCUT2D eigenvalue weighted by Crippen LogP contribution is -2.36. The van der Waals surface area contributed by atoms with Crippen molar-refractivity contribution < 1.29 is 23.1 Å². The molecular weight excluding hydrogens is 590 g/mol. The third-order valence-corrected chi connectivity index (χ3v) is 7.65. The van der Waals surface area contributed by atoms with E-state index in [1.54, 1.807) is 36.2 Å². The minimum Gasteiger partial charge on any atom is -0.409 e. The lowest BCUT2D eigenvalue weighted by atomic mass is 10.1. The van der Waals surface area contributed by atoms with Crippen molar-refractivity contribution in [1.29, 1.82) is 0 Å². The first kappa shape index (κ1) is 34.0. The molecule has 0 saturated heterocycles. The quantitative estimate of drug-likeness (QED) is 0.180. The number of nitrogens with one attached hydrogen (secondary N) is 1. The highest BCUT2D eigenvalue weighted by Crippen LogP contribution is 2.27. The van der Waals surface area contributed by atoms with Crippen molar-refractivity contribution in [2.24, 2.45) is 0 Å². The Bertz CT molecular complexity index is 1650. The minimum absolute atomic E-state index is 0.0512. The second-order valence-electron chi connectivity index (χ2n) is 11.1. The van der Waals surface area contributed by atoms with Gasteiger partial charge in [0.15, 0.2) is 0 Å². The van der Waals surface area contributed by atoms with Gasteiger partial charge in [-0.3, -0.25) is 9.69 Å². The number of rotatable bonds is 12. The SMILES string of the molecule is CCN(CC)CCN(C)C(=O)c1ccc(Nc2nccc(N(Cc3cc(F)ccc3F)C(=O)Oc3c(C)cc(C)cc3C)n2)cc1. The number of benzene rings is 3. The largest absolute Gasteiger partial charge is 0.421 e. The maximum atomic E-state index is 14.7. The fourth-order valence-corrected chi connectivity index (χ4v) is 5.08. The molecule has 242 valence electrons. The lowest BCUT2D eigenvalue weighted by molar-refractivity contribution is 0.0779. The zero-order chi connectivity index (χ0) is 33.4. The smallest absolute Gasteiger partial charge is 0.409 e. The number of hydrogen-bond donors (Lipinski definition) is 1. The predicted molar refractivity (Wildman–Crippen MR) is 176 cm³/mol. The molecule has 0 aliphatic carbocycles. The number of anilines is 3. The topological polar surface area (TPSA) is 90.9 Å². The molecule has 0 saturated carbocycles. The third kappa shape index (κ3) is 8.63. The van der Waals surface area contributed by atoms with Gasteiger partial charge in [-0.1, -0.05) is 31.5 Å². The molecule has 11 heteroatoms. The summed E-state index contributed by atoms with van der Waals surface area (Å²) in [6, 6.07) is 15.2.